The summed E-state index contributed by atoms with van der Waals surface area (Å²) in [5.41, 5.74) is 5.78. The average Bonchev–Trinajstić information content (AvgIpc) is 2.78. The fraction of sp³-hybridized carbons (Fsp3) is 0.200. The molecule has 0 aliphatic heterocycles. The lowest BCUT2D eigenvalue weighted by molar-refractivity contribution is -0.123. The zero-order valence-corrected chi connectivity index (χ0v) is 20.0. The van der Waals surface area contributed by atoms with Crippen LogP contribution in [0.4, 0.5) is 0 Å². The van der Waals surface area contributed by atoms with Crippen molar-refractivity contribution in [3.05, 3.63) is 86.9 Å². The molecule has 1 amide bonds. The number of carbonyl (C=O) groups excluding carboxylic acids is 1. The van der Waals surface area contributed by atoms with Crippen LogP contribution in [0, 0.1) is 13.8 Å². The van der Waals surface area contributed by atoms with Gasteiger partial charge in [-0.05, 0) is 49.2 Å². The molecule has 0 radical (unpaired) electrons. The number of hydrogen-bond donors (Lipinski definition) is 1. The first-order chi connectivity index (χ1) is 15.9. The largest absolute Gasteiger partial charge is 0.493 e. The molecule has 0 saturated carbocycles. The van der Waals surface area contributed by atoms with E-state index in [1.807, 2.05) is 32.0 Å². The highest BCUT2D eigenvalue weighted by atomic mass is 35.5. The standard InChI is InChI=1S/C25H24Cl2N2O4/c1-16-6-4-7-17(2)24(16)33-15-23(30)29-28-13-18-8-5-9-22(31-3)25(18)32-14-19-10-11-20(26)12-21(19)27/h4-13H,14-15H2,1-3H3,(H,29,30)/b28-13-. The van der Waals surface area contributed by atoms with Crippen molar-refractivity contribution in [3.8, 4) is 17.2 Å². The van der Waals surface area contributed by atoms with Gasteiger partial charge in [0.15, 0.2) is 18.1 Å². The van der Waals surface area contributed by atoms with E-state index in [0.29, 0.717) is 32.9 Å². The van der Waals surface area contributed by atoms with Crippen molar-refractivity contribution in [1.82, 2.24) is 5.43 Å². The van der Waals surface area contributed by atoms with Gasteiger partial charge in [-0.2, -0.15) is 5.10 Å². The number of halogens is 2. The molecule has 0 spiro atoms. The molecule has 0 heterocycles. The molecule has 6 nitrogen and oxygen atoms in total. The van der Waals surface area contributed by atoms with E-state index in [1.165, 1.54) is 6.21 Å². The van der Waals surface area contributed by atoms with Crippen molar-refractivity contribution in [2.24, 2.45) is 5.10 Å². The molecule has 1 N–H and O–H groups in total. The maximum absolute atomic E-state index is 12.2. The Morgan fingerprint density at radius 1 is 1.00 bits per heavy atom. The van der Waals surface area contributed by atoms with E-state index in [-0.39, 0.29) is 19.1 Å². The summed E-state index contributed by atoms with van der Waals surface area (Å²) >= 11 is 12.2. The molecule has 3 aromatic rings. The Morgan fingerprint density at radius 3 is 2.42 bits per heavy atom. The third-order valence-electron chi connectivity index (χ3n) is 4.77. The van der Waals surface area contributed by atoms with Gasteiger partial charge in [-0.3, -0.25) is 4.79 Å². The molecule has 33 heavy (non-hydrogen) atoms. The fourth-order valence-electron chi connectivity index (χ4n) is 3.11. The van der Waals surface area contributed by atoms with Crippen molar-refractivity contribution < 1.29 is 19.0 Å². The number of nitrogens with zero attached hydrogens (tertiary/aromatic N) is 1. The lowest BCUT2D eigenvalue weighted by Crippen LogP contribution is -2.25. The molecule has 0 unspecified atom stereocenters. The first-order valence-corrected chi connectivity index (χ1v) is 10.9. The highest BCUT2D eigenvalue weighted by Gasteiger charge is 2.12. The zero-order valence-electron chi connectivity index (χ0n) is 18.5. The summed E-state index contributed by atoms with van der Waals surface area (Å²) in [7, 11) is 1.55. The monoisotopic (exact) mass is 486 g/mol. The van der Waals surface area contributed by atoms with Gasteiger partial charge in [0.1, 0.15) is 12.4 Å². The number of benzene rings is 3. The molecule has 0 atom stereocenters. The normalized spacial score (nSPS) is 10.8. The Morgan fingerprint density at radius 2 is 1.73 bits per heavy atom. The number of nitrogens with one attached hydrogen (secondary N) is 1. The Bertz CT molecular complexity index is 1140. The molecule has 3 rings (SSSR count). The molecule has 0 aromatic heterocycles. The summed E-state index contributed by atoms with van der Waals surface area (Å²) in [6.45, 7) is 3.91. The minimum Gasteiger partial charge on any atom is -0.493 e. The number of para-hydroxylation sites is 2. The molecule has 0 bridgehead atoms. The van der Waals surface area contributed by atoms with Crippen LogP contribution in [0.2, 0.25) is 10.0 Å². The highest BCUT2D eigenvalue weighted by Crippen LogP contribution is 2.32. The van der Waals surface area contributed by atoms with Crippen LogP contribution in [0.5, 0.6) is 17.2 Å². The van der Waals surface area contributed by atoms with Gasteiger partial charge in [0.2, 0.25) is 0 Å². The smallest absolute Gasteiger partial charge is 0.277 e. The summed E-state index contributed by atoms with van der Waals surface area (Å²) in [6, 6.07) is 16.4. The molecule has 172 valence electrons. The lowest BCUT2D eigenvalue weighted by Gasteiger charge is -2.14. The zero-order chi connectivity index (χ0) is 23.8. The van der Waals surface area contributed by atoms with Gasteiger partial charge < -0.3 is 14.2 Å². The van der Waals surface area contributed by atoms with E-state index in [1.54, 1.807) is 43.5 Å². The summed E-state index contributed by atoms with van der Waals surface area (Å²) < 4.78 is 17.0. The fourth-order valence-corrected chi connectivity index (χ4v) is 3.57. The maximum Gasteiger partial charge on any atom is 0.277 e. The Hall–Kier alpha value is -3.22. The van der Waals surface area contributed by atoms with Crippen LogP contribution >= 0.6 is 23.2 Å². The Balaban J connectivity index is 1.65. The van der Waals surface area contributed by atoms with Crippen LogP contribution in [-0.2, 0) is 11.4 Å². The average molecular weight is 487 g/mol. The molecular weight excluding hydrogens is 463 g/mol. The van der Waals surface area contributed by atoms with Gasteiger partial charge in [-0.25, -0.2) is 5.43 Å². The lowest BCUT2D eigenvalue weighted by atomic mass is 10.1. The van der Waals surface area contributed by atoms with E-state index >= 15 is 0 Å². The highest BCUT2D eigenvalue weighted by molar-refractivity contribution is 6.35. The SMILES string of the molecule is COc1cccc(/C=N\NC(=O)COc2c(C)cccc2C)c1OCc1ccc(Cl)cc1Cl. The van der Waals surface area contributed by atoms with E-state index in [2.05, 4.69) is 10.5 Å². The van der Waals surface area contributed by atoms with Crippen molar-refractivity contribution in [1.29, 1.82) is 0 Å². The quantitative estimate of drug-likeness (QED) is 0.309. The van der Waals surface area contributed by atoms with Crippen molar-refractivity contribution in [2.45, 2.75) is 20.5 Å². The first-order valence-electron chi connectivity index (χ1n) is 10.1. The number of ether oxygens (including phenoxy) is 3. The van der Waals surface area contributed by atoms with Crippen LogP contribution in [0.25, 0.3) is 0 Å². The minimum atomic E-state index is -0.382. The first kappa shape index (κ1) is 24.4. The van der Waals surface area contributed by atoms with Gasteiger partial charge in [-0.1, -0.05) is 53.5 Å². The van der Waals surface area contributed by atoms with Gasteiger partial charge in [0, 0.05) is 21.2 Å². The number of hydrogen-bond acceptors (Lipinski definition) is 5. The van der Waals surface area contributed by atoms with Crippen LogP contribution in [0.1, 0.15) is 22.3 Å². The molecule has 0 aliphatic rings. The second kappa shape index (κ2) is 11.6. The maximum atomic E-state index is 12.2. The van der Waals surface area contributed by atoms with Gasteiger partial charge in [0.05, 0.1) is 13.3 Å². The van der Waals surface area contributed by atoms with E-state index in [0.717, 1.165) is 16.7 Å². The van der Waals surface area contributed by atoms with Crippen LogP contribution in [0.3, 0.4) is 0 Å². The van der Waals surface area contributed by atoms with Crippen molar-refractivity contribution in [2.75, 3.05) is 13.7 Å². The summed E-state index contributed by atoms with van der Waals surface area (Å²) in [5, 5.41) is 5.09. The second-order valence-electron chi connectivity index (χ2n) is 7.21. The topological polar surface area (TPSA) is 69.2 Å². The van der Waals surface area contributed by atoms with E-state index < -0.39 is 0 Å². The predicted octanol–water partition coefficient (Wildman–Crippen LogP) is 5.73. The number of hydrazone groups is 1. The van der Waals surface area contributed by atoms with Gasteiger partial charge >= 0.3 is 0 Å². The number of carbonyl (C=O) groups is 1. The summed E-state index contributed by atoms with van der Waals surface area (Å²) in [6.07, 6.45) is 1.48. The Labute approximate surface area is 203 Å². The third-order valence-corrected chi connectivity index (χ3v) is 5.35. The van der Waals surface area contributed by atoms with Crippen LogP contribution < -0.4 is 19.6 Å². The van der Waals surface area contributed by atoms with Gasteiger partial charge in [0.25, 0.3) is 5.91 Å². The van der Waals surface area contributed by atoms with E-state index in [4.69, 9.17) is 37.4 Å². The second-order valence-corrected chi connectivity index (χ2v) is 8.05. The number of methoxy groups -OCH3 is 1. The molecule has 3 aromatic carbocycles. The Kier molecular flexibility index (Phi) is 8.58. The molecule has 0 aliphatic carbocycles. The minimum absolute atomic E-state index is 0.153. The molecule has 0 saturated heterocycles. The number of amides is 1. The van der Waals surface area contributed by atoms with Gasteiger partial charge in [-0.15, -0.1) is 0 Å². The van der Waals surface area contributed by atoms with Crippen molar-refractivity contribution >= 4 is 35.3 Å². The number of rotatable bonds is 9. The molecule has 0 fully saturated rings. The summed E-state index contributed by atoms with van der Waals surface area (Å²) in [5.74, 6) is 1.30. The van der Waals surface area contributed by atoms with Crippen LogP contribution in [-0.4, -0.2) is 25.8 Å². The predicted molar refractivity (Wildman–Crippen MR) is 131 cm³/mol. The molecule has 8 heteroatoms. The van der Waals surface area contributed by atoms with Crippen molar-refractivity contribution in [3.63, 3.8) is 0 Å². The van der Waals surface area contributed by atoms with E-state index in [9.17, 15) is 4.79 Å². The molecular formula is C25H24Cl2N2O4. The summed E-state index contributed by atoms with van der Waals surface area (Å²) in [4.78, 5) is 12.2. The third kappa shape index (κ3) is 6.63. The number of aryl methyl sites for hydroxylation is 2. The van der Waals surface area contributed by atoms with Crippen LogP contribution in [0.15, 0.2) is 59.7 Å².